The van der Waals surface area contributed by atoms with Crippen molar-refractivity contribution >= 4 is 0 Å². The van der Waals surface area contributed by atoms with E-state index in [9.17, 15) is 5.11 Å². The van der Waals surface area contributed by atoms with Gasteiger partial charge in [-0.1, -0.05) is 63.0 Å². The summed E-state index contributed by atoms with van der Waals surface area (Å²) >= 11 is 0. The molecule has 106 valence electrons. The fraction of sp³-hybridized carbons (Fsp3) is 0.882. The number of hydrogen-bond donors (Lipinski definition) is 1. The summed E-state index contributed by atoms with van der Waals surface area (Å²) in [7, 11) is 0. The number of aliphatic hydroxyl groups is 1. The van der Waals surface area contributed by atoms with Gasteiger partial charge in [-0.05, 0) is 39.0 Å². The summed E-state index contributed by atoms with van der Waals surface area (Å²) < 4.78 is 0. The van der Waals surface area contributed by atoms with E-state index >= 15 is 0 Å². The molecule has 1 rings (SSSR count). The van der Waals surface area contributed by atoms with E-state index < -0.39 is 0 Å². The Morgan fingerprint density at radius 1 is 0.833 bits per heavy atom. The Labute approximate surface area is 114 Å². The van der Waals surface area contributed by atoms with Crippen LogP contribution in [0.2, 0.25) is 0 Å². The smallest absolute Gasteiger partial charge is 0.0543 e. The van der Waals surface area contributed by atoms with E-state index in [1.807, 2.05) is 0 Å². The number of allylic oxidation sites excluding steroid dienone is 2. The maximum atomic E-state index is 9.91. The van der Waals surface area contributed by atoms with Crippen molar-refractivity contribution in [1.29, 1.82) is 0 Å². The highest BCUT2D eigenvalue weighted by molar-refractivity contribution is 4.98. The summed E-state index contributed by atoms with van der Waals surface area (Å²) in [5, 5.41) is 9.91. The quantitative estimate of drug-likeness (QED) is 0.574. The SMILES string of the molecule is C/C1=C\CCCCCCCCCCCC(O)CC1. The third-order valence-corrected chi connectivity index (χ3v) is 4.11. The van der Waals surface area contributed by atoms with Crippen LogP contribution in [0.3, 0.4) is 0 Å². The molecule has 0 saturated carbocycles. The van der Waals surface area contributed by atoms with Crippen LogP contribution in [0.25, 0.3) is 0 Å². The van der Waals surface area contributed by atoms with Gasteiger partial charge in [-0.3, -0.25) is 0 Å². The molecule has 0 radical (unpaired) electrons. The second-order valence-electron chi connectivity index (χ2n) is 6.00. The molecule has 1 atom stereocenters. The first-order chi connectivity index (χ1) is 8.79. The van der Waals surface area contributed by atoms with Gasteiger partial charge in [0.15, 0.2) is 0 Å². The summed E-state index contributed by atoms with van der Waals surface area (Å²) in [6.07, 6.45) is 18.9. The molecule has 0 aliphatic heterocycles. The van der Waals surface area contributed by atoms with Gasteiger partial charge >= 0.3 is 0 Å². The molecule has 0 spiro atoms. The van der Waals surface area contributed by atoms with Gasteiger partial charge in [0.25, 0.3) is 0 Å². The summed E-state index contributed by atoms with van der Waals surface area (Å²) in [4.78, 5) is 0. The standard InChI is InChI=1S/C17H32O/c1-16-12-10-8-6-4-2-3-5-7-9-11-13-17(18)15-14-16/h12,17-18H,2-11,13-15H2,1H3/b16-12+. The third-order valence-electron chi connectivity index (χ3n) is 4.11. The Bertz CT molecular complexity index is 220. The van der Waals surface area contributed by atoms with Crippen LogP contribution in [0, 0.1) is 0 Å². The van der Waals surface area contributed by atoms with E-state index in [2.05, 4.69) is 13.0 Å². The molecule has 0 heterocycles. The lowest BCUT2D eigenvalue weighted by atomic mass is 10.00. The van der Waals surface area contributed by atoms with Crippen LogP contribution >= 0.6 is 0 Å². The lowest BCUT2D eigenvalue weighted by molar-refractivity contribution is 0.151. The van der Waals surface area contributed by atoms with E-state index in [-0.39, 0.29) is 6.10 Å². The number of aliphatic hydroxyl groups excluding tert-OH is 1. The van der Waals surface area contributed by atoms with Crippen molar-refractivity contribution in [2.45, 2.75) is 96.5 Å². The molecule has 1 aliphatic carbocycles. The molecule has 0 saturated heterocycles. The zero-order valence-corrected chi connectivity index (χ0v) is 12.3. The van der Waals surface area contributed by atoms with Crippen LogP contribution in [0.1, 0.15) is 90.4 Å². The van der Waals surface area contributed by atoms with Crippen LogP contribution in [0.4, 0.5) is 0 Å². The molecule has 1 nitrogen and oxygen atoms in total. The second-order valence-corrected chi connectivity index (χ2v) is 6.00. The van der Waals surface area contributed by atoms with Crippen LogP contribution < -0.4 is 0 Å². The van der Waals surface area contributed by atoms with Crippen LogP contribution in [-0.4, -0.2) is 11.2 Å². The highest BCUT2D eigenvalue weighted by atomic mass is 16.3. The normalized spacial score (nSPS) is 29.4. The minimum absolute atomic E-state index is 0.0683. The maximum Gasteiger partial charge on any atom is 0.0543 e. The van der Waals surface area contributed by atoms with Crippen molar-refractivity contribution in [3.63, 3.8) is 0 Å². The predicted molar refractivity (Wildman–Crippen MR) is 79.8 cm³/mol. The molecule has 1 aliphatic rings. The molecule has 18 heavy (non-hydrogen) atoms. The maximum absolute atomic E-state index is 9.91. The molecular formula is C17H32O. The molecular weight excluding hydrogens is 220 g/mol. The Kier molecular flexibility index (Phi) is 9.28. The van der Waals surface area contributed by atoms with Crippen LogP contribution in [-0.2, 0) is 0 Å². The lowest BCUT2D eigenvalue weighted by Gasteiger charge is -2.11. The van der Waals surface area contributed by atoms with Crippen LogP contribution in [0.5, 0.6) is 0 Å². The van der Waals surface area contributed by atoms with E-state index in [1.54, 1.807) is 0 Å². The van der Waals surface area contributed by atoms with E-state index in [0.29, 0.717) is 0 Å². The molecule has 0 aromatic heterocycles. The minimum atomic E-state index is -0.0683. The molecule has 1 N–H and O–H groups in total. The summed E-state index contributed by atoms with van der Waals surface area (Å²) in [5.41, 5.74) is 1.47. The Hall–Kier alpha value is -0.300. The third kappa shape index (κ3) is 8.74. The first kappa shape index (κ1) is 15.8. The first-order valence-electron chi connectivity index (χ1n) is 8.13. The van der Waals surface area contributed by atoms with E-state index in [4.69, 9.17) is 0 Å². The van der Waals surface area contributed by atoms with Crippen molar-refractivity contribution in [2.24, 2.45) is 0 Å². The molecule has 0 aromatic rings. The van der Waals surface area contributed by atoms with Gasteiger partial charge in [0.2, 0.25) is 0 Å². The van der Waals surface area contributed by atoms with Gasteiger partial charge in [-0.15, -0.1) is 0 Å². The summed E-state index contributed by atoms with van der Waals surface area (Å²) in [5.74, 6) is 0. The fourth-order valence-electron chi connectivity index (χ4n) is 2.75. The minimum Gasteiger partial charge on any atom is -0.393 e. The van der Waals surface area contributed by atoms with Crippen molar-refractivity contribution in [3.05, 3.63) is 11.6 Å². The van der Waals surface area contributed by atoms with Crippen molar-refractivity contribution in [2.75, 3.05) is 0 Å². The monoisotopic (exact) mass is 252 g/mol. The van der Waals surface area contributed by atoms with E-state index in [1.165, 1.54) is 69.8 Å². The van der Waals surface area contributed by atoms with Crippen LogP contribution in [0.15, 0.2) is 11.6 Å². The highest BCUT2D eigenvalue weighted by Crippen LogP contribution is 2.16. The molecule has 0 bridgehead atoms. The average molecular weight is 252 g/mol. The first-order valence-corrected chi connectivity index (χ1v) is 8.13. The predicted octanol–water partition coefficient (Wildman–Crippen LogP) is 5.38. The average Bonchev–Trinajstić information content (AvgIpc) is 2.36. The number of rotatable bonds is 0. The van der Waals surface area contributed by atoms with Gasteiger partial charge in [-0.25, -0.2) is 0 Å². The zero-order chi connectivity index (χ0) is 13.1. The van der Waals surface area contributed by atoms with Gasteiger partial charge < -0.3 is 5.11 Å². The molecule has 0 aromatic carbocycles. The fourth-order valence-corrected chi connectivity index (χ4v) is 2.75. The highest BCUT2D eigenvalue weighted by Gasteiger charge is 2.04. The lowest BCUT2D eigenvalue weighted by Crippen LogP contribution is -2.06. The van der Waals surface area contributed by atoms with Gasteiger partial charge in [-0.2, -0.15) is 0 Å². The molecule has 0 amide bonds. The molecule has 1 heteroatoms. The Morgan fingerprint density at radius 3 is 2.06 bits per heavy atom. The Morgan fingerprint density at radius 2 is 1.39 bits per heavy atom. The van der Waals surface area contributed by atoms with E-state index in [0.717, 1.165) is 19.3 Å². The molecule has 1 unspecified atom stereocenters. The summed E-state index contributed by atoms with van der Waals surface area (Å²) in [6, 6.07) is 0. The van der Waals surface area contributed by atoms with Crippen molar-refractivity contribution < 1.29 is 5.11 Å². The zero-order valence-electron chi connectivity index (χ0n) is 12.3. The largest absolute Gasteiger partial charge is 0.393 e. The number of hydrogen-bond acceptors (Lipinski definition) is 1. The van der Waals surface area contributed by atoms with Gasteiger partial charge in [0.05, 0.1) is 6.10 Å². The topological polar surface area (TPSA) is 20.2 Å². The van der Waals surface area contributed by atoms with Gasteiger partial charge in [0.1, 0.15) is 0 Å². The van der Waals surface area contributed by atoms with Crippen molar-refractivity contribution in [1.82, 2.24) is 0 Å². The Balaban J connectivity index is 2.27. The summed E-state index contributed by atoms with van der Waals surface area (Å²) in [6.45, 7) is 2.22. The molecule has 0 fully saturated rings. The second kappa shape index (κ2) is 10.6. The van der Waals surface area contributed by atoms with Gasteiger partial charge in [0, 0.05) is 0 Å². The van der Waals surface area contributed by atoms with Crippen molar-refractivity contribution in [3.8, 4) is 0 Å².